The number of rotatable bonds is 4. The number of aliphatic hydroxyl groups excluding tert-OH is 2. The largest absolute Gasteiger partial charge is 0.444 e. The fourth-order valence-electron chi connectivity index (χ4n) is 1.41. The minimum atomic E-state index is -1.54. The van der Waals surface area contributed by atoms with Gasteiger partial charge in [-0.2, -0.15) is 0 Å². The highest BCUT2D eigenvalue weighted by Gasteiger charge is 2.24. The first-order valence-electron chi connectivity index (χ1n) is 6.14. The number of amides is 1. The standard InChI is InChI=1S/C13H19FN2O4/c1-13(2,3)20-12(19)16-7-9(17)11(18)10-8(14)5-4-6-15-10/h4-6,9,11,17-18H,7H2,1-3H3,(H,16,19). The molecule has 1 heterocycles. The first kappa shape index (κ1) is 16.3. The van der Waals surface area contributed by atoms with Crippen molar-refractivity contribution >= 4 is 6.09 Å². The lowest BCUT2D eigenvalue weighted by Crippen LogP contribution is -2.39. The Bertz CT molecular complexity index is 462. The number of nitrogens with zero attached hydrogens (tertiary/aromatic N) is 1. The molecule has 0 aliphatic heterocycles. The molecule has 2 unspecified atom stereocenters. The van der Waals surface area contributed by atoms with Crippen molar-refractivity contribution in [3.63, 3.8) is 0 Å². The van der Waals surface area contributed by atoms with Crippen molar-refractivity contribution in [2.45, 2.75) is 38.6 Å². The lowest BCUT2D eigenvalue weighted by atomic mass is 10.1. The number of aliphatic hydroxyl groups is 2. The van der Waals surface area contributed by atoms with Crippen molar-refractivity contribution in [3.8, 4) is 0 Å². The molecule has 0 aromatic carbocycles. The molecule has 0 spiro atoms. The predicted molar refractivity (Wildman–Crippen MR) is 69.4 cm³/mol. The van der Waals surface area contributed by atoms with E-state index < -0.39 is 29.7 Å². The number of ether oxygens (including phenoxy) is 1. The molecule has 112 valence electrons. The van der Waals surface area contributed by atoms with Crippen molar-refractivity contribution in [1.29, 1.82) is 0 Å². The molecule has 6 nitrogen and oxygen atoms in total. The molecule has 7 heteroatoms. The summed E-state index contributed by atoms with van der Waals surface area (Å²) in [6.45, 7) is 4.80. The zero-order chi connectivity index (χ0) is 15.3. The molecular weight excluding hydrogens is 267 g/mol. The van der Waals surface area contributed by atoms with Gasteiger partial charge in [-0.25, -0.2) is 9.18 Å². The van der Waals surface area contributed by atoms with Gasteiger partial charge in [0.25, 0.3) is 0 Å². The van der Waals surface area contributed by atoms with Crippen LogP contribution in [-0.4, -0.2) is 39.5 Å². The quantitative estimate of drug-likeness (QED) is 0.772. The number of carbonyl (C=O) groups excluding carboxylic acids is 1. The number of aromatic nitrogens is 1. The third-order valence-corrected chi connectivity index (χ3v) is 2.29. The van der Waals surface area contributed by atoms with Crippen molar-refractivity contribution in [1.82, 2.24) is 10.3 Å². The molecule has 1 aromatic rings. The summed E-state index contributed by atoms with van der Waals surface area (Å²) in [4.78, 5) is 15.0. The summed E-state index contributed by atoms with van der Waals surface area (Å²) in [6.07, 6.45) is -2.36. The highest BCUT2D eigenvalue weighted by atomic mass is 19.1. The van der Waals surface area contributed by atoms with Crippen LogP contribution in [-0.2, 0) is 4.74 Å². The van der Waals surface area contributed by atoms with E-state index in [1.54, 1.807) is 20.8 Å². The number of carbonyl (C=O) groups is 1. The third kappa shape index (κ3) is 5.10. The molecule has 0 fully saturated rings. The van der Waals surface area contributed by atoms with Gasteiger partial charge in [-0.05, 0) is 32.9 Å². The van der Waals surface area contributed by atoms with Gasteiger partial charge in [-0.1, -0.05) is 0 Å². The summed E-state index contributed by atoms with van der Waals surface area (Å²) in [7, 11) is 0. The van der Waals surface area contributed by atoms with Crippen molar-refractivity contribution in [2.75, 3.05) is 6.54 Å². The first-order chi connectivity index (χ1) is 9.20. The maximum atomic E-state index is 13.4. The Labute approximate surface area is 116 Å². The number of hydrogen-bond acceptors (Lipinski definition) is 5. The normalized spacial score (nSPS) is 14.5. The van der Waals surface area contributed by atoms with Crippen molar-refractivity contribution in [2.24, 2.45) is 0 Å². The minimum Gasteiger partial charge on any atom is -0.444 e. The molecule has 3 N–H and O–H groups in total. The van der Waals surface area contributed by atoms with Crippen LogP contribution in [0.15, 0.2) is 18.3 Å². The van der Waals surface area contributed by atoms with E-state index in [1.165, 1.54) is 12.3 Å². The molecule has 1 amide bonds. The van der Waals surface area contributed by atoms with E-state index in [0.29, 0.717) is 0 Å². The van der Waals surface area contributed by atoms with E-state index in [0.717, 1.165) is 6.07 Å². The smallest absolute Gasteiger partial charge is 0.407 e. The number of alkyl carbamates (subject to hydrolysis) is 1. The van der Waals surface area contributed by atoms with Crippen molar-refractivity contribution < 1.29 is 24.1 Å². The van der Waals surface area contributed by atoms with Crippen LogP contribution in [0.5, 0.6) is 0 Å². The minimum absolute atomic E-state index is 0.272. The predicted octanol–water partition coefficient (Wildman–Crippen LogP) is 1.14. The molecule has 2 atom stereocenters. The van der Waals surface area contributed by atoms with Crippen LogP contribution in [0.2, 0.25) is 0 Å². The fraction of sp³-hybridized carbons (Fsp3) is 0.538. The zero-order valence-electron chi connectivity index (χ0n) is 11.6. The molecule has 1 rings (SSSR count). The Morgan fingerprint density at radius 3 is 2.70 bits per heavy atom. The average molecular weight is 286 g/mol. The van der Waals surface area contributed by atoms with Gasteiger partial charge in [0.1, 0.15) is 29.3 Å². The van der Waals surface area contributed by atoms with Crippen LogP contribution in [0.1, 0.15) is 32.6 Å². The average Bonchev–Trinajstić information content (AvgIpc) is 2.33. The molecule has 20 heavy (non-hydrogen) atoms. The molecule has 0 saturated carbocycles. The Morgan fingerprint density at radius 1 is 1.50 bits per heavy atom. The number of halogens is 1. The lowest BCUT2D eigenvalue weighted by molar-refractivity contribution is 0.00905. The zero-order valence-corrected chi connectivity index (χ0v) is 11.6. The Kier molecular flexibility index (Phi) is 5.41. The third-order valence-electron chi connectivity index (χ3n) is 2.29. The van der Waals surface area contributed by atoms with Crippen LogP contribution < -0.4 is 5.32 Å². The lowest BCUT2D eigenvalue weighted by Gasteiger charge is -2.22. The summed E-state index contributed by atoms with van der Waals surface area (Å²) in [5.74, 6) is -0.726. The number of nitrogens with one attached hydrogen (secondary N) is 1. The van der Waals surface area contributed by atoms with Crippen LogP contribution >= 0.6 is 0 Å². The van der Waals surface area contributed by atoms with Gasteiger partial charge in [0.2, 0.25) is 0 Å². The monoisotopic (exact) mass is 286 g/mol. The molecule has 0 aliphatic carbocycles. The second-order valence-electron chi connectivity index (χ2n) is 5.27. The number of hydrogen-bond donors (Lipinski definition) is 3. The van der Waals surface area contributed by atoms with Gasteiger partial charge < -0.3 is 20.3 Å². The van der Waals surface area contributed by atoms with Crippen LogP contribution in [0.3, 0.4) is 0 Å². The summed E-state index contributed by atoms with van der Waals surface area (Å²) in [6, 6.07) is 2.50. The fourth-order valence-corrected chi connectivity index (χ4v) is 1.41. The molecule has 0 saturated heterocycles. The second-order valence-corrected chi connectivity index (χ2v) is 5.27. The molecule has 0 radical (unpaired) electrons. The van der Waals surface area contributed by atoms with Crippen LogP contribution in [0.25, 0.3) is 0 Å². The van der Waals surface area contributed by atoms with Gasteiger partial charge in [-0.3, -0.25) is 4.98 Å². The van der Waals surface area contributed by atoms with E-state index in [1.807, 2.05) is 0 Å². The van der Waals surface area contributed by atoms with E-state index in [-0.39, 0.29) is 12.2 Å². The van der Waals surface area contributed by atoms with Crippen LogP contribution in [0, 0.1) is 5.82 Å². The van der Waals surface area contributed by atoms with E-state index in [9.17, 15) is 19.4 Å². The SMILES string of the molecule is CC(C)(C)OC(=O)NCC(O)C(O)c1ncccc1F. The van der Waals surface area contributed by atoms with E-state index in [4.69, 9.17) is 4.74 Å². The van der Waals surface area contributed by atoms with Gasteiger partial charge in [0, 0.05) is 12.7 Å². The highest BCUT2D eigenvalue weighted by molar-refractivity contribution is 5.67. The second kappa shape index (κ2) is 6.62. The molecule has 0 bridgehead atoms. The first-order valence-corrected chi connectivity index (χ1v) is 6.14. The van der Waals surface area contributed by atoms with Crippen LogP contribution in [0.4, 0.5) is 9.18 Å². The van der Waals surface area contributed by atoms with Gasteiger partial charge >= 0.3 is 6.09 Å². The van der Waals surface area contributed by atoms with Gasteiger partial charge in [0.05, 0.1) is 0 Å². The molecule has 1 aromatic heterocycles. The molecular formula is C13H19FN2O4. The summed E-state index contributed by atoms with van der Waals surface area (Å²) < 4.78 is 18.3. The Balaban J connectivity index is 2.53. The van der Waals surface area contributed by atoms with Gasteiger partial charge in [-0.15, -0.1) is 0 Å². The maximum Gasteiger partial charge on any atom is 0.407 e. The topological polar surface area (TPSA) is 91.7 Å². The van der Waals surface area contributed by atoms with Crippen molar-refractivity contribution in [3.05, 3.63) is 29.8 Å². The summed E-state index contributed by atoms with van der Waals surface area (Å²) >= 11 is 0. The highest BCUT2D eigenvalue weighted by Crippen LogP contribution is 2.17. The van der Waals surface area contributed by atoms with E-state index in [2.05, 4.69) is 10.3 Å². The number of pyridine rings is 1. The van der Waals surface area contributed by atoms with Gasteiger partial charge in [0.15, 0.2) is 0 Å². The van der Waals surface area contributed by atoms with E-state index >= 15 is 0 Å². The Morgan fingerprint density at radius 2 is 2.15 bits per heavy atom. The Hall–Kier alpha value is -1.73. The maximum absolute atomic E-state index is 13.4. The molecule has 0 aliphatic rings. The summed E-state index contributed by atoms with van der Waals surface area (Å²) in [5, 5.41) is 21.8. The summed E-state index contributed by atoms with van der Waals surface area (Å²) in [5.41, 5.74) is -0.938.